The van der Waals surface area contributed by atoms with Crippen LogP contribution in [0.15, 0.2) is 18.2 Å². The zero-order valence-corrected chi connectivity index (χ0v) is 11.4. The van der Waals surface area contributed by atoms with Crippen molar-refractivity contribution in [2.24, 2.45) is 0 Å². The Morgan fingerprint density at radius 3 is 2.50 bits per heavy atom. The molecular formula is C14H21NO3. The first-order valence-corrected chi connectivity index (χ1v) is 6.11. The van der Waals surface area contributed by atoms with Gasteiger partial charge in [0.15, 0.2) is 11.5 Å². The molecule has 0 aromatic heterocycles. The van der Waals surface area contributed by atoms with E-state index in [1.165, 1.54) is 0 Å². The molecule has 0 aliphatic carbocycles. The summed E-state index contributed by atoms with van der Waals surface area (Å²) in [5.41, 5.74) is 1.07. The van der Waals surface area contributed by atoms with Gasteiger partial charge in [-0.3, -0.25) is 4.79 Å². The second-order valence-electron chi connectivity index (χ2n) is 4.17. The Bertz CT molecular complexity index is 404. The second kappa shape index (κ2) is 6.89. The number of ether oxygens (including phenoxy) is 2. The molecule has 1 aromatic rings. The van der Waals surface area contributed by atoms with Crippen molar-refractivity contribution in [3.05, 3.63) is 23.8 Å². The molecule has 0 aliphatic heterocycles. The largest absolute Gasteiger partial charge is 0.493 e. The summed E-state index contributed by atoms with van der Waals surface area (Å²) in [6, 6.07) is 5.75. The van der Waals surface area contributed by atoms with Gasteiger partial charge in [0.2, 0.25) is 5.91 Å². The van der Waals surface area contributed by atoms with Crippen LogP contribution in [0.2, 0.25) is 0 Å². The number of hydrogen-bond donors (Lipinski definition) is 1. The van der Waals surface area contributed by atoms with E-state index in [9.17, 15) is 4.79 Å². The quantitative estimate of drug-likeness (QED) is 0.844. The van der Waals surface area contributed by atoms with E-state index in [1.54, 1.807) is 14.2 Å². The van der Waals surface area contributed by atoms with Crippen LogP contribution >= 0.6 is 0 Å². The van der Waals surface area contributed by atoms with Crippen molar-refractivity contribution in [1.29, 1.82) is 0 Å². The molecule has 0 saturated heterocycles. The van der Waals surface area contributed by atoms with Crippen LogP contribution in [0.4, 0.5) is 0 Å². The normalized spacial score (nSPS) is 11.8. The Labute approximate surface area is 108 Å². The molecule has 0 bridgehead atoms. The van der Waals surface area contributed by atoms with Crippen LogP contribution in [0, 0.1) is 0 Å². The summed E-state index contributed by atoms with van der Waals surface area (Å²) < 4.78 is 10.4. The van der Waals surface area contributed by atoms with E-state index in [2.05, 4.69) is 5.32 Å². The van der Waals surface area contributed by atoms with Crippen LogP contribution < -0.4 is 14.8 Å². The van der Waals surface area contributed by atoms with Crippen molar-refractivity contribution in [1.82, 2.24) is 5.32 Å². The van der Waals surface area contributed by atoms with Crippen molar-refractivity contribution < 1.29 is 14.3 Å². The first kappa shape index (κ1) is 14.4. The Balaban J connectivity index is 2.79. The van der Waals surface area contributed by atoms with Crippen molar-refractivity contribution >= 4 is 5.91 Å². The average Bonchev–Trinajstić information content (AvgIpc) is 2.38. The third kappa shape index (κ3) is 3.65. The minimum atomic E-state index is 0.0692. The lowest BCUT2D eigenvalue weighted by Crippen LogP contribution is -2.23. The van der Waals surface area contributed by atoms with Crippen LogP contribution in [0.5, 0.6) is 11.5 Å². The van der Waals surface area contributed by atoms with E-state index < -0.39 is 0 Å². The highest BCUT2D eigenvalue weighted by Gasteiger charge is 2.13. The zero-order valence-electron chi connectivity index (χ0n) is 11.4. The van der Waals surface area contributed by atoms with Crippen LogP contribution in [-0.2, 0) is 4.79 Å². The highest BCUT2D eigenvalue weighted by Crippen LogP contribution is 2.31. The molecule has 4 nitrogen and oxygen atoms in total. The van der Waals surface area contributed by atoms with Gasteiger partial charge in [-0.1, -0.05) is 13.0 Å². The summed E-state index contributed by atoms with van der Waals surface area (Å²) in [6.45, 7) is 4.60. The molecule has 1 unspecified atom stereocenters. The minimum absolute atomic E-state index is 0.0692. The van der Waals surface area contributed by atoms with Crippen LogP contribution in [0.25, 0.3) is 0 Å². The molecule has 0 radical (unpaired) electrons. The van der Waals surface area contributed by atoms with E-state index >= 15 is 0 Å². The molecule has 0 aliphatic rings. The van der Waals surface area contributed by atoms with E-state index in [0.29, 0.717) is 24.5 Å². The lowest BCUT2D eigenvalue weighted by Gasteiger charge is -2.14. The van der Waals surface area contributed by atoms with Crippen LogP contribution in [0.1, 0.15) is 31.7 Å². The molecule has 1 aromatic carbocycles. The van der Waals surface area contributed by atoms with E-state index in [1.807, 2.05) is 32.0 Å². The van der Waals surface area contributed by atoms with Gasteiger partial charge in [0.1, 0.15) is 0 Å². The molecule has 0 heterocycles. The maximum absolute atomic E-state index is 11.5. The van der Waals surface area contributed by atoms with Crippen molar-refractivity contribution in [3.63, 3.8) is 0 Å². The van der Waals surface area contributed by atoms with Crippen LogP contribution in [0.3, 0.4) is 0 Å². The third-order valence-electron chi connectivity index (χ3n) is 2.84. The van der Waals surface area contributed by atoms with Crippen molar-refractivity contribution in [2.75, 3.05) is 20.8 Å². The Morgan fingerprint density at radius 1 is 1.28 bits per heavy atom. The van der Waals surface area contributed by atoms with Gasteiger partial charge >= 0.3 is 0 Å². The molecule has 1 atom stereocenters. The zero-order chi connectivity index (χ0) is 13.5. The van der Waals surface area contributed by atoms with Gasteiger partial charge in [0, 0.05) is 13.0 Å². The van der Waals surface area contributed by atoms with Gasteiger partial charge in [0.05, 0.1) is 14.2 Å². The Morgan fingerprint density at radius 2 is 1.94 bits per heavy atom. The van der Waals surface area contributed by atoms with Gasteiger partial charge in [-0.05, 0) is 30.5 Å². The predicted molar refractivity (Wildman–Crippen MR) is 71.3 cm³/mol. The van der Waals surface area contributed by atoms with Gasteiger partial charge in [-0.25, -0.2) is 0 Å². The molecule has 1 N–H and O–H groups in total. The molecular weight excluding hydrogens is 230 g/mol. The fraction of sp³-hybridized carbons (Fsp3) is 0.500. The topological polar surface area (TPSA) is 47.6 Å². The molecule has 1 rings (SSSR count). The fourth-order valence-corrected chi connectivity index (χ4v) is 1.82. The highest BCUT2D eigenvalue weighted by molar-refractivity contribution is 5.76. The maximum Gasteiger partial charge on any atom is 0.220 e. The monoisotopic (exact) mass is 251 g/mol. The minimum Gasteiger partial charge on any atom is -0.493 e. The number of hydrogen-bond acceptors (Lipinski definition) is 3. The maximum atomic E-state index is 11.5. The lowest BCUT2D eigenvalue weighted by atomic mass is 9.97. The molecule has 0 fully saturated rings. The molecule has 18 heavy (non-hydrogen) atoms. The van der Waals surface area contributed by atoms with Gasteiger partial charge in [0.25, 0.3) is 0 Å². The summed E-state index contributed by atoms with van der Waals surface area (Å²) >= 11 is 0. The molecule has 0 saturated carbocycles. The SMILES string of the molecule is CCNC(=O)CC(C)c1ccc(OC)c(OC)c1. The summed E-state index contributed by atoms with van der Waals surface area (Å²) in [5.74, 6) is 1.61. The number of carbonyl (C=O) groups is 1. The van der Waals surface area contributed by atoms with Crippen LogP contribution in [-0.4, -0.2) is 26.7 Å². The molecule has 0 spiro atoms. The van der Waals surface area contributed by atoms with Gasteiger partial charge in [-0.15, -0.1) is 0 Å². The standard InChI is InChI=1S/C14H21NO3/c1-5-15-14(16)8-10(2)11-6-7-12(17-3)13(9-11)18-4/h6-7,9-10H,5,8H2,1-4H3,(H,15,16). The lowest BCUT2D eigenvalue weighted by molar-refractivity contribution is -0.121. The molecule has 4 heteroatoms. The van der Waals surface area contributed by atoms with E-state index in [-0.39, 0.29) is 11.8 Å². The number of benzene rings is 1. The van der Waals surface area contributed by atoms with E-state index in [4.69, 9.17) is 9.47 Å². The number of methoxy groups -OCH3 is 2. The van der Waals surface area contributed by atoms with Gasteiger partial charge in [-0.2, -0.15) is 0 Å². The molecule has 1 amide bonds. The number of nitrogens with one attached hydrogen (secondary N) is 1. The highest BCUT2D eigenvalue weighted by atomic mass is 16.5. The summed E-state index contributed by atoms with van der Waals surface area (Å²) in [5, 5.41) is 2.80. The average molecular weight is 251 g/mol. The van der Waals surface area contributed by atoms with Crippen molar-refractivity contribution in [3.8, 4) is 11.5 Å². The van der Waals surface area contributed by atoms with E-state index in [0.717, 1.165) is 5.56 Å². The number of carbonyl (C=O) groups excluding carboxylic acids is 1. The van der Waals surface area contributed by atoms with Gasteiger partial charge < -0.3 is 14.8 Å². The smallest absolute Gasteiger partial charge is 0.220 e. The summed E-state index contributed by atoms with van der Waals surface area (Å²) in [7, 11) is 3.21. The Hall–Kier alpha value is -1.71. The first-order valence-electron chi connectivity index (χ1n) is 6.11. The third-order valence-corrected chi connectivity index (χ3v) is 2.84. The predicted octanol–water partition coefficient (Wildman–Crippen LogP) is 2.33. The second-order valence-corrected chi connectivity index (χ2v) is 4.17. The van der Waals surface area contributed by atoms with Crippen molar-refractivity contribution in [2.45, 2.75) is 26.2 Å². The number of amides is 1. The number of rotatable bonds is 6. The first-order chi connectivity index (χ1) is 8.62. The molecule has 100 valence electrons. The Kier molecular flexibility index (Phi) is 5.49. The summed E-state index contributed by atoms with van der Waals surface area (Å²) in [6.07, 6.45) is 0.476. The fourth-order valence-electron chi connectivity index (χ4n) is 1.82. The summed E-state index contributed by atoms with van der Waals surface area (Å²) in [4.78, 5) is 11.5.